The van der Waals surface area contributed by atoms with Gasteiger partial charge < -0.3 is 19.3 Å². The third-order valence-electron chi connectivity index (χ3n) is 5.28. The summed E-state index contributed by atoms with van der Waals surface area (Å²) in [7, 11) is 1.62. The van der Waals surface area contributed by atoms with E-state index < -0.39 is 12.6 Å². The molecule has 1 N–H and O–H groups in total. The summed E-state index contributed by atoms with van der Waals surface area (Å²) in [4.78, 5) is 15.7. The summed E-state index contributed by atoms with van der Waals surface area (Å²) in [6.45, 7) is 3.82. The molecule has 0 amide bonds. The molecule has 7 heteroatoms. The highest BCUT2D eigenvalue weighted by Gasteiger charge is 2.14. The second kappa shape index (κ2) is 10.4. The summed E-state index contributed by atoms with van der Waals surface area (Å²) in [5.41, 5.74) is 5.68. The average Bonchev–Trinajstić information content (AvgIpc) is 3.31. The van der Waals surface area contributed by atoms with Gasteiger partial charge in [-0.25, -0.2) is 9.78 Å². The van der Waals surface area contributed by atoms with Gasteiger partial charge in [-0.2, -0.15) is 0 Å². The van der Waals surface area contributed by atoms with Gasteiger partial charge in [0.05, 0.1) is 12.8 Å². The summed E-state index contributed by atoms with van der Waals surface area (Å²) in [5, 5.41) is 11.9. The van der Waals surface area contributed by atoms with Crippen molar-refractivity contribution in [2.45, 2.75) is 20.5 Å². The SMILES string of the molecule is COc1ccc(-c2cc(OCC(=O)O)c(C)cc2OCc2nc(-c3ccc(C)cc3)cs2)cc1. The lowest BCUT2D eigenvalue weighted by atomic mass is 10.0. The van der Waals surface area contributed by atoms with Crippen molar-refractivity contribution in [2.24, 2.45) is 0 Å². The Morgan fingerprint density at radius 3 is 2.32 bits per heavy atom. The zero-order valence-corrected chi connectivity index (χ0v) is 20.0. The van der Waals surface area contributed by atoms with E-state index in [2.05, 4.69) is 31.2 Å². The second-order valence-electron chi connectivity index (χ2n) is 7.81. The summed E-state index contributed by atoms with van der Waals surface area (Å²) in [5.74, 6) is 0.875. The maximum Gasteiger partial charge on any atom is 0.341 e. The van der Waals surface area contributed by atoms with E-state index >= 15 is 0 Å². The lowest BCUT2D eigenvalue weighted by Gasteiger charge is -2.16. The van der Waals surface area contributed by atoms with Crippen LogP contribution in [0.15, 0.2) is 66.0 Å². The van der Waals surface area contributed by atoms with Gasteiger partial charge in [-0.05, 0) is 49.2 Å². The van der Waals surface area contributed by atoms with E-state index in [1.54, 1.807) is 18.4 Å². The molecule has 1 heterocycles. The van der Waals surface area contributed by atoms with Crippen molar-refractivity contribution in [3.8, 4) is 39.6 Å². The van der Waals surface area contributed by atoms with Gasteiger partial charge in [0.2, 0.25) is 0 Å². The molecule has 0 spiro atoms. The number of thiazole rings is 1. The van der Waals surface area contributed by atoms with Gasteiger partial charge >= 0.3 is 5.97 Å². The third-order valence-corrected chi connectivity index (χ3v) is 6.10. The Bertz CT molecular complexity index is 1280. The van der Waals surface area contributed by atoms with Crippen LogP contribution in [0.2, 0.25) is 0 Å². The lowest BCUT2D eigenvalue weighted by Crippen LogP contribution is -2.10. The molecule has 0 bridgehead atoms. The molecule has 3 aromatic carbocycles. The predicted molar refractivity (Wildman–Crippen MR) is 133 cm³/mol. The number of hydrogen-bond acceptors (Lipinski definition) is 6. The van der Waals surface area contributed by atoms with E-state index in [0.717, 1.165) is 38.7 Å². The number of carbonyl (C=O) groups is 1. The number of ether oxygens (including phenoxy) is 3. The van der Waals surface area contributed by atoms with Crippen LogP contribution in [0.4, 0.5) is 0 Å². The molecule has 174 valence electrons. The molecule has 0 fully saturated rings. The van der Waals surface area contributed by atoms with Crippen molar-refractivity contribution in [1.29, 1.82) is 0 Å². The Balaban J connectivity index is 1.60. The fourth-order valence-electron chi connectivity index (χ4n) is 3.45. The fraction of sp³-hybridized carbons (Fsp3) is 0.185. The number of hydrogen-bond donors (Lipinski definition) is 1. The Kier molecular flexibility index (Phi) is 7.13. The summed E-state index contributed by atoms with van der Waals surface area (Å²) in [6, 6.07) is 19.5. The molecule has 0 atom stereocenters. The minimum Gasteiger partial charge on any atom is -0.497 e. The van der Waals surface area contributed by atoms with Crippen molar-refractivity contribution in [3.05, 3.63) is 82.2 Å². The van der Waals surface area contributed by atoms with Gasteiger partial charge in [0, 0.05) is 16.5 Å². The Morgan fingerprint density at radius 2 is 1.65 bits per heavy atom. The maximum absolute atomic E-state index is 11.0. The number of nitrogens with zero attached hydrogens (tertiary/aromatic N) is 1. The van der Waals surface area contributed by atoms with Crippen LogP contribution in [0.1, 0.15) is 16.1 Å². The molecule has 0 aliphatic heterocycles. The van der Waals surface area contributed by atoms with Gasteiger partial charge in [0.25, 0.3) is 0 Å². The molecular weight excluding hydrogens is 450 g/mol. The number of methoxy groups -OCH3 is 1. The first-order valence-corrected chi connectivity index (χ1v) is 11.6. The average molecular weight is 476 g/mol. The van der Waals surface area contributed by atoms with Gasteiger partial charge in [0.1, 0.15) is 28.9 Å². The number of aliphatic carboxylic acids is 1. The third kappa shape index (κ3) is 5.55. The van der Waals surface area contributed by atoms with Crippen LogP contribution in [-0.4, -0.2) is 29.8 Å². The Morgan fingerprint density at radius 1 is 0.941 bits per heavy atom. The second-order valence-corrected chi connectivity index (χ2v) is 8.75. The van der Waals surface area contributed by atoms with Crippen LogP contribution in [0.5, 0.6) is 17.2 Å². The zero-order chi connectivity index (χ0) is 24.1. The number of aryl methyl sites for hydroxylation is 2. The molecule has 0 saturated carbocycles. The van der Waals surface area contributed by atoms with Crippen molar-refractivity contribution >= 4 is 17.3 Å². The molecule has 34 heavy (non-hydrogen) atoms. The molecular formula is C27H25NO5S. The van der Waals surface area contributed by atoms with Gasteiger partial charge in [-0.1, -0.05) is 42.0 Å². The fourth-order valence-corrected chi connectivity index (χ4v) is 4.16. The van der Waals surface area contributed by atoms with E-state index in [-0.39, 0.29) is 0 Å². The topological polar surface area (TPSA) is 77.9 Å². The Hall–Kier alpha value is -3.84. The number of carboxylic acid groups (broad SMARTS) is 1. The summed E-state index contributed by atoms with van der Waals surface area (Å²) < 4.78 is 17.0. The molecule has 1 aromatic heterocycles. The minimum atomic E-state index is -1.03. The summed E-state index contributed by atoms with van der Waals surface area (Å²) in [6.07, 6.45) is 0. The highest BCUT2D eigenvalue weighted by molar-refractivity contribution is 7.09. The van der Waals surface area contributed by atoms with Gasteiger partial charge in [-0.3, -0.25) is 0 Å². The first-order chi connectivity index (χ1) is 16.4. The smallest absolute Gasteiger partial charge is 0.341 e. The van der Waals surface area contributed by atoms with Crippen LogP contribution in [0, 0.1) is 13.8 Å². The first kappa shape index (κ1) is 23.3. The van der Waals surface area contributed by atoms with E-state index in [1.165, 1.54) is 5.56 Å². The van der Waals surface area contributed by atoms with E-state index in [4.69, 9.17) is 24.3 Å². The van der Waals surface area contributed by atoms with Crippen LogP contribution >= 0.6 is 11.3 Å². The van der Waals surface area contributed by atoms with Crippen molar-refractivity contribution in [3.63, 3.8) is 0 Å². The van der Waals surface area contributed by atoms with Crippen molar-refractivity contribution < 1.29 is 24.1 Å². The van der Waals surface area contributed by atoms with Crippen LogP contribution < -0.4 is 14.2 Å². The van der Waals surface area contributed by atoms with Gasteiger partial charge in [-0.15, -0.1) is 11.3 Å². The molecule has 0 unspecified atom stereocenters. The normalized spacial score (nSPS) is 10.7. The predicted octanol–water partition coefficient (Wildman–Crippen LogP) is 6.14. The number of rotatable bonds is 9. The van der Waals surface area contributed by atoms with E-state index in [1.807, 2.05) is 48.7 Å². The highest BCUT2D eigenvalue weighted by Crippen LogP contribution is 2.37. The standard InChI is InChI=1S/C27H25NO5S/c1-17-4-6-20(7-5-17)23-16-34-26(28-23)14-32-25-12-18(2)24(33-15-27(29)30)13-22(25)19-8-10-21(31-3)11-9-19/h4-13,16H,14-15H2,1-3H3,(H,29,30). The van der Waals surface area contributed by atoms with E-state index in [9.17, 15) is 4.79 Å². The van der Waals surface area contributed by atoms with Gasteiger partial charge in [0.15, 0.2) is 6.61 Å². The number of aromatic nitrogens is 1. The molecule has 6 nitrogen and oxygen atoms in total. The minimum absolute atomic E-state index is 0.314. The molecule has 0 saturated heterocycles. The van der Waals surface area contributed by atoms with Crippen molar-refractivity contribution in [1.82, 2.24) is 4.98 Å². The molecule has 4 aromatic rings. The molecule has 0 aliphatic carbocycles. The number of carboxylic acids is 1. The molecule has 0 radical (unpaired) electrons. The maximum atomic E-state index is 11.0. The molecule has 4 rings (SSSR count). The van der Waals surface area contributed by atoms with E-state index in [0.29, 0.717) is 18.1 Å². The van der Waals surface area contributed by atoms with Crippen LogP contribution in [-0.2, 0) is 11.4 Å². The van der Waals surface area contributed by atoms with Crippen LogP contribution in [0.25, 0.3) is 22.4 Å². The number of benzene rings is 3. The molecule has 0 aliphatic rings. The quantitative estimate of drug-likeness (QED) is 0.313. The largest absolute Gasteiger partial charge is 0.497 e. The highest BCUT2D eigenvalue weighted by atomic mass is 32.1. The van der Waals surface area contributed by atoms with Crippen molar-refractivity contribution in [2.75, 3.05) is 13.7 Å². The zero-order valence-electron chi connectivity index (χ0n) is 19.2. The lowest BCUT2D eigenvalue weighted by molar-refractivity contribution is -0.139. The van der Waals surface area contributed by atoms with Crippen LogP contribution in [0.3, 0.4) is 0 Å². The first-order valence-electron chi connectivity index (χ1n) is 10.7. The Labute approximate surface area is 202 Å². The summed E-state index contributed by atoms with van der Waals surface area (Å²) >= 11 is 1.55. The monoisotopic (exact) mass is 475 g/mol.